The van der Waals surface area contributed by atoms with Gasteiger partial charge in [-0.05, 0) is 30.3 Å². The number of phenolic OH excluding ortho intramolecular Hbond substituents is 1. The standard InChI is InChI=1S/C21H17N3O2/c25-20-9-5-4-8-17(20)19-14-18(15-10-12-22-13-11-15)23-24(19)21(26)16-6-2-1-3-7-16/h1-13,19,25H,14H2/t19-/m0/s1. The van der Waals surface area contributed by atoms with Crippen LogP contribution in [0.1, 0.15) is 33.9 Å². The number of nitrogens with zero attached hydrogens (tertiary/aromatic N) is 3. The molecule has 1 aliphatic rings. The number of carbonyl (C=O) groups is 1. The van der Waals surface area contributed by atoms with Gasteiger partial charge in [0.1, 0.15) is 5.75 Å². The average Bonchev–Trinajstić information content (AvgIpc) is 3.14. The summed E-state index contributed by atoms with van der Waals surface area (Å²) in [5.41, 5.74) is 2.96. The minimum atomic E-state index is -0.355. The van der Waals surface area contributed by atoms with Crippen molar-refractivity contribution in [2.45, 2.75) is 12.5 Å². The van der Waals surface area contributed by atoms with Gasteiger partial charge in [0.05, 0.1) is 11.8 Å². The van der Waals surface area contributed by atoms with Crippen LogP contribution < -0.4 is 0 Å². The number of benzene rings is 2. The lowest BCUT2D eigenvalue weighted by molar-refractivity contribution is 0.0709. The maximum Gasteiger partial charge on any atom is 0.274 e. The topological polar surface area (TPSA) is 65.8 Å². The minimum absolute atomic E-state index is 0.162. The van der Waals surface area contributed by atoms with Crippen molar-refractivity contribution in [2.24, 2.45) is 5.10 Å². The van der Waals surface area contributed by atoms with E-state index in [1.165, 1.54) is 5.01 Å². The lowest BCUT2D eigenvalue weighted by Gasteiger charge is -2.22. The Kier molecular flexibility index (Phi) is 4.19. The molecule has 2 aromatic carbocycles. The number of aromatic nitrogens is 1. The second-order valence-electron chi connectivity index (χ2n) is 6.08. The number of amides is 1. The van der Waals surface area contributed by atoms with Crippen molar-refractivity contribution in [3.63, 3.8) is 0 Å². The minimum Gasteiger partial charge on any atom is -0.508 e. The number of phenols is 1. The van der Waals surface area contributed by atoms with Crippen molar-refractivity contribution < 1.29 is 9.90 Å². The van der Waals surface area contributed by atoms with Gasteiger partial charge in [-0.25, -0.2) is 5.01 Å². The maximum atomic E-state index is 13.0. The molecule has 128 valence electrons. The molecule has 0 aliphatic carbocycles. The van der Waals surface area contributed by atoms with Gasteiger partial charge in [0.2, 0.25) is 0 Å². The number of hydrogen-bond acceptors (Lipinski definition) is 4. The molecule has 4 rings (SSSR count). The van der Waals surface area contributed by atoms with E-state index in [0.717, 1.165) is 11.3 Å². The first kappa shape index (κ1) is 16.0. The lowest BCUT2D eigenvalue weighted by atomic mass is 9.98. The molecule has 1 amide bonds. The third-order valence-electron chi connectivity index (χ3n) is 4.45. The summed E-state index contributed by atoms with van der Waals surface area (Å²) in [7, 11) is 0. The lowest BCUT2D eigenvalue weighted by Crippen LogP contribution is -2.27. The smallest absolute Gasteiger partial charge is 0.274 e. The van der Waals surface area contributed by atoms with Crippen LogP contribution in [0.15, 0.2) is 84.2 Å². The van der Waals surface area contributed by atoms with Crippen LogP contribution in [0, 0.1) is 0 Å². The van der Waals surface area contributed by atoms with Gasteiger partial charge in [0, 0.05) is 35.5 Å². The fourth-order valence-electron chi connectivity index (χ4n) is 3.14. The highest BCUT2D eigenvalue weighted by Gasteiger charge is 2.34. The molecule has 5 heteroatoms. The number of pyridine rings is 1. The summed E-state index contributed by atoms with van der Waals surface area (Å²) in [5.74, 6) is -0.0301. The van der Waals surface area contributed by atoms with Crippen molar-refractivity contribution in [2.75, 3.05) is 0 Å². The highest BCUT2D eigenvalue weighted by atomic mass is 16.3. The first-order valence-corrected chi connectivity index (χ1v) is 8.38. The average molecular weight is 343 g/mol. The van der Waals surface area contributed by atoms with Crippen molar-refractivity contribution in [3.8, 4) is 5.75 Å². The summed E-state index contributed by atoms with van der Waals surface area (Å²) in [6.45, 7) is 0. The van der Waals surface area contributed by atoms with E-state index in [9.17, 15) is 9.90 Å². The molecule has 1 atom stereocenters. The van der Waals surface area contributed by atoms with E-state index in [1.807, 2.05) is 42.5 Å². The SMILES string of the molecule is O=C(c1ccccc1)N1N=C(c2ccncc2)C[C@H]1c1ccccc1O. The number of hydrogen-bond donors (Lipinski definition) is 1. The Morgan fingerprint density at radius 3 is 2.38 bits per heavy atom. The van der Waals surface area contributed by atoms with Crippen molar-refractivity contribution in [3.05, 3.63) is 95.8 Å². The Morgan fingerprint density at radius 1 is 0.962 bits per heavy atom. The van der Waals surface area contributed by atoms with E-state index in [1.54, 1.807) is 36.7 Å². The molecule has 0 bridgehead atoms. The van der Waals surface area contributed by atoms with Crippen molar-refractivity contribution >= 4 is 11.6 Å². The molecular formula is C21H17N3O2. The second kappa shape index (κ2) is 6.80. The molecule has 5 nitrogen and oxygen atoms in total. The zero-order valence-corrected chi connectivity index (χ0v) is 14.0. The highest BCUT2D eigenvalue weighted by molar-refractivity contribution is 6.05. The molecular weight excluding hydrogens is 326 g/mol. The van der Waals surface area contributed by atoms with Crippen molar-refractivity contribution in [1.29, 1.82) is 0 Å². The molecule has 1 N–H and O–H groups in total. The fourth-order valence-corrected chi connectivity index (χ4v) is 3.14. The van der Waals surface area contributed by atoms with Gasteiger partial charge in [-0.15, -0.1) is 0 Å². The molecule has 0 unspecified atom stereocenters. The molecule has 0 saturated carbocycles. The number of para-hydroxylation sites is 1. The predicted molar refractivity (Wildman–Crippen MR) is 98.9 cm³/mol. The number of hydrazone groups is 1. The quantitative estimate of drug-likeness (QED) is 0.787. The Balaban J connectivity index is 1.76. The van der Waals surface area contributed by atoms with E-state index in [2.05, 4.69) is 10.1 Å². The monoisotopic (exact) mass is 343 g/mol. The third-order valence-corrected chi connectivity index (χ3v) is 4.45. The van der Waals surface area contributed by atoms with Gasteiger partial charge in [-0.2, -0.15) is 5.10 Å². The first-order chi connectivity index (χ1) is 12.7. The predicted octanol–water partition coefficient (Wildman–Crippen LogP) is 3.78. The second-order valence-corrected chi connectivity index (χ2v) is 6.08. The number of aromatic hydroxyl groups is 1. The largest absolute Gasteiger partial charge is 0.508 e. The Bertz CT molecular complexity index is 955. The summed E-state index contributed by atoms with van der Waals surface area (Å²) in [6.07, 6.45) is 3.93. The number of rotatable bonds is 3. The van der Waals surface area contributed by atoms with Crippen LogP contribution in [-0.4, -0.2) is 26.7 Å². The molecule has 0 saturated heterocycles. The Hall–Kier alpha value is -3.47. The Morgan fingerprint density at radius 2 is 1.65 bits per heavy atom. The van der Waals surface area contributed by atoms with Gasteiger partial charge in [0.25, 0.3) is 5.91 Å². The van der Waals surface area contributed by atoms with Gasteiger partial charge in [0.15, 0.2) is 0 Å². The summed E-state index contributed by atoms with van der Waals surface area (Å²) < 4.78 is 0. The Labute approximate surface area is 151 Å². The molecule has 1 aromatic heterocycles. The van der Waals surface area contributed by atoms with E-state index < -0.39 is 0 Å². The normalized spacial score (nSPS) is 16.4. The molecule has 0 radical (unpaired) electrons. The van der Waals surface area contributed by atoms with Crippen LogP contribution in [0.5, 0.6) is 5.75 Å². The molecule has 0 fully saturated rings. The van der Waals surface area contributed by atoms with Crippen LogP contribution >= 0.6 is 0 Å². The van der Waals surface area contributed by atoms with Gasteiger partial charge >= 0.3 is 0 Å². The van der Waals surface area contributed by atoms with E-state index >= 15 is 0 Å². The number of carbonyl (C=O) groups excluding carboxylic acids is 1. The van der Waals surface area contributed by atoms with Gasteiger partial charge in [-0.3, -0.25) is 9.78 Å². The fraction of sp³-hybridized carbons (Fsp3) is 0.0952. The molecule has 26 heavy (non-hydrogen) atoms. The first-order valence-electron chi connectivity index (χ1n) is 8.38. The summed E-state index contributed by atoms with van der Waals surface area (Å²) in [4.78, 5) is 17.1. The zero-order chi connectivity index (χ0) is 17.9. The summed E-state index contributed by atoms with van der Waals surface area (Å²) >= 11 is 0. The highest BCUT2D eigenvalue weighted by Crippen LogP contribution is 2.37. The summed E-state index contributed by atoms with van der Waals surface area (Å²) in [5, 5.41) is 16.4. The molecule has 2 heterocycles. The van der Waals surface area contributed by atoms with Crippen molar-refractivity contribution in [1.82, 2.24) is 9.99 Å². The molecule has 1 aliphatic heterocycles. The van der Waals surface area contributed by atoms with Crippen LogP contribution in [-0.2, 0) is 0 Å². The zero-order valence-electron chi connectivity index (χ0n) is 14.0. The maximum absolute atomic E-state index is 13.0. The van der Waals surface area contributed by atoms with Gasteiger partial charge in [-0.1, -0.05) is 36.4 Å². The van der Waals surface area contributed by atoms with Crippen LogP contribution in [0.25, 0.3) is 0 Å². The molecule has 0 spiro atoms. The van der Waals surface area contributed by atoms with E-state index in [4.69, 9.17) is 0 Å². The van der Waals surface area contributed by atoms with Crippen LogP contribution in [0.4, 0.5) is 0 Å². The van der Waals surface area contributed by atoms with Crippen LogP contribution in [0.3, 0.4) is 0 Å². The van der Waals surface area contributed by atoms with Crippen LogP contribution in [0.2, 0.25) is 0 Å². The third kappa shape index (κ3) is 2.95. The van der Waals surface area contributed by atoms with Gasteiger partial charge < -0.3 is 5.11 Å². The summed E-state index contributed by atoms with van der Waals surface area (Å²) in [6, 6.07) is 19.5. The molecule has 3 aromatic rings. The van der Waals surface area contributed by atoms with E-state index in [0.29, 0.717) is 17.5 Å². The van der Waals surface area contributed by atoms with E-state index in [-0.39, 0.29) is 17.7 Å².